The van der Waals surface area contributed by atoms with Gasteiger partial charge in [-0.2, -0.15) is 0 Å². The van der Waals surface area contributed by atoms with Gasteiger partial charge in [0.2, 0.25) is 5.91 Å². The Labute approximate surface area is 118 Å². The van der Waals surface area contributed by atoms with E-state index in [1.165, 1.54) is 25.7 Å². The fourth-order valence-electron chi connectivity index (χ4n) is 3.34. The topological polar surface area (TPSA) is 32.3 Å². The molecular weight excluding hydrogens is 236 g/mol. The van der Waals surface area contributed by atoms with Gasteiger partial charge in [0.1, 0.15) is 0 Å². The molecule has 0 aromatic carbocycles. The molecule has 2 saturated heterocycles. The smallest absolute Gasteiger partial charge is 0.225 e. The first kappa shape index (κ1) is 14.8. The molecule has 110 valence electrons. The van der Waals surface area contributed by atoms with Crippen LogP contribution in [0.25, 0.3) is 0 Å². The third kappa shape index (κ3) is 4.48. The molecule has 1 amide bonds. The maximum atomic E-state index is 12.4. The number of piperidine rings is 2. The Morgan fingerprint density at radius 3 is 2.37 bits per heavy atom. The van der Waals surface area contributed by atoms with Crippen molar-refractivity contribution in [3.05, 3.63) is 0 Å². The largest absolute Gasteiger partial charge is 0.342 e. The van der Waals surface area contributed by atoms with Crippen LogP contribution in [0, 0.1) is 17.8 Å². The highest BCUT2D eigenvalue weighted by Gasteiger charge is 2.28. The van der Waals surface area contributed by atoms with Crippen LogP contribution in [0.3, 0.4) is 0 Å². The number of hydrogen-bond acceptors (Lipinski definition) is 2. The lowest BCUT2D eigenvalue weighted by Crippen LogP contribution is -2.44. The van der Waals surface area contributed by atoms with Gasteiger partial charge in [0.25, 0.3) is 0 Å². The Morgan fingerprint density at radius 1 is 1.16 bits per heavy atom. The summed E-state index contributed by atoms with van der Waals surface area (Å²) >= 11 is 0. The number of amides is 1. The minimum Gasteiger partial charge on any atom is -0.342 e. The molecule has 0 aromatic rings. The van der Waals surface area contributed by atoms with Crippen LogP contribution in [0.15, 0.2) is 0 Å². The SMILES string of the molecule is CC(C)CCC1CCN(C(=O)C2CCNCC2)CC1. The first-order chi connectivity index (χ1) is 9.16. The van der Waals surface area contributed by atoms with Gasteiger partial charge >= 0.3 is 0 Å². The second kappa shape index (κ2) is 7.28. The fourth-order valence-corrected chi connectivity index (χ4v) is 3.34. The van der Waals surface area contributed by atoms with E-state index in [1.807, 2.05) is 0 Å². The number of nitrogens with one attached hydrogen (secondary N) is 1. The molecule has 3 nitrogen and oxygen atoms in total. The Hall–Kier alpha value is -0.570. The molecule has 2 heterocycles. The van der Waals surface area contributed by atoms with E-state index in [9.17, 15) is 4.79 Å². The first-order valence-corrected chi connectivity index (χ1v) is 8.16. The molecule has 0 radical (unpaired) electrons. The van der Waals surface area contributed by atoms with Gasteiger partial charge in [-0.1, -0.05) is 26.7 Å². The second-order valence-electron chi connectivity index (χ2n) is 6.76. The fraction of sp³-hybridized carbons (Fsp3) is 0.938. The number of hydrogen-bond donors (Lipinski definition) is 1. The van der Waals surface area contributed by atoms with Gasteiger partial charge < -0.3 is 10.2 Å². The summed E-state index contributed by atoms with van der Waals surface area (Å²) in [6.45, 7) is 8.64. The summed E-state index contributed by atoms with van der Waals surface area (Å²) < 4.78 is 0. The summed E-state index contributed by atoms with van der Waals surface area (Å²) in [7, 11) is 0. The summed E-state index contributed by atoms with van der Waals surface area (Å²) in [6.07, 6.45) is 7.21. The van der Waals surface area contributed by atoms with Gasteiger partial charge in [-0.3, -0.25) is 4.79 Å². The third-order valence-corrected chi connectivity index (χ3v) is 4.77. The molecule has 3 heteroatoms. The maximum Gasteiger partial charge on any atom is 0.225 e. The number of rotatable bonds is 4. The lowest BCUT2D eigenvalue weighted by Gasteiger charge is -2.35. The highest BCUT2D eigenvalue weighted by Crippen LogP contribution is 2.25. The van der Waals surface area contributed by atoms with Crippen LogP contribution in [-0.2, 0) is 4.79 Å². The highest BCUT2D eigenvalue weighted by atomic mass is 16.2. The van der Waals surface area contributed by atoms with Crippen molar-refractivity contribution < 1.29 is 4.79 Å². The van der Waals surface area contributed by atoms with E-state index >= 15 is 0 Å². The number of nitrogens with zero attached hydrogens (tertiary/aromatic N) is 1. The maximum absolute atomic E-state index is 12.4. The molecule has 0 aromatic heterocycles. The van der Waals surface area contributed by atoms with Crippen molar-refractivity contribution in [3.8, 4) is 0 Å². The lowest BCUT2D eigenvalue weighted by atomic mass is 9.88. The van der Waals surface area contributed by atoms with Crippen molar-refractivity contribution in [2.75, 3.05) is 26.2 Å². The van der Waals surface area contributed by atoms with E-state index in [-0.39, 0.29) is 0 Å². The van der Waals surface area contributed by atoms with E-state index in [2.05, 4.69) is 24.1 Å². The molecule has 19 heavy (non-hydrogen) atoms. The predicted molar refractivity (Wildman–Crippen MR) is 79.0 cm³/mol. The zero-order chi connectivity index (χ0) is 13.7. The molecule has 0 spiro atoms. The lowest BCUT2D eigenvalue weighted by molar-refractivity contribution is -0.137. The van der Waals surface area contributed by atoms with Crippen molar-refractivity contribution in [2.24, 2.45) is 17.8 Å². The van der Waals surface area contributed by atoms with Crippen LogP contribution in [-0.4, -0.2) is 37.0 Å². The van der Waals surface area contributed by atoms with E-state index in [0.29, 0.717) is 11.8 Å². The van der Waals surface area contributed by atoms with Crippen LogP contribution < -0.4 is 5.32 Å². The molecule has 0 bridgehead atoms. The molecular formula is C16H30N2O. The van der Waals surface area contributed by atoms with Gasteiger partial charge in [-0.25, -0.2) is 0 Å². The van der Waals surface area contributed by atoms with Gasteiger partial charge in [0.05, 0.1) is 0 Å². The Kier molecular flexibility index (Phi) is 5.68. The molecule has 0 unspecified atom stereocenters. The van der Waals surface area contributed by atoms with Gasteiger partial charge in [0, 0.05) is 19.0 Å². The normalized spacial score (nSPS) is 23.0. The number of carbonyl (C=O) groups excluding carboxylic acids is 1. The van der Waals surface area contributed by atoms with Crippen molar-refractivity contribution >= 4 is 5.91 Å². The standard InChI is InChI=1S/C16H30N2O/c1-13(2)3-4-14-7-11-18(12-8-14)16(19)15-5-9-17-10-6-15/h13-15,17H,3-12H2,1-2H3. The Bertz CT molecular complexity index is 276. The van der Waals surface area contributed by atoms with Gasteiger partial charge in [-0.05, 0) is 50.6 Å². The zero-order valence-corrected chi connectivity index (χ0v) is 12.7. The first-order valence-electron chi connectivity index (χ1n) is 8.16. The predicted octanol–water partition coefficient (Wildman–Crippen LogP) is 2.66. The summed E-state index contributed by atoms with van der Waals surface area (Å²) in [5, 5.41) is 3.34. The summed E-state index contributed by atoms with van der Waals surface area (Å²) in [5.41, 5.74) is 0. The van der Waals surface area contributed by atoms with E-state index in [0.717, 1.165) is 50.9 Å². The summed E-state index contributed by atoms with van der Waals surface area (Å²) in [5.74, 6) is 2.41. The quantitative estimate of drug-likeness (QED) is 0.848. The number of carbonyl (C=O) groups is 1. The van der Waals surface area contributed by atoms with Gasteiger partial charge in [-0.15, -0.1) is 0 Å². The highest BCUT2D eigenvalue weighted by molar-refractivity contribution is 5.79. The molecule has 2 rings (SSSR count). The average Bonchev–Trinajstić information content (AvgIpc) is 2.46. The van der Waals surface area contributed by atoms with Crippen molar-refractivity contribution in [3.63, 3.8) is 0 Å². The minimum absolute atomic E-state index is 0.300. The Morgan fingerprint density at radius 2 is 1.79 bits per heavy atom. The van der Waals surface area contributed by atoms with E-state index in [4.69, 9.17) is 0 Å². The van der Waals surface area contributed by atoms with Crippen LogP contribution in [0.5, 0.6) is 0 Å². The van der Waals surface area contributed by atoms with Crippen LogP contribution >= 0.6 is 0 Å². The molecule has 2 aliphatic heterocycles. The van der Waals surface area contributed by atoms with Crippen molar-refractivity contribution in [2.45, 2.75) is 52.4 Å². The van der Waals surface area contributed by atoms with Gasteiger partial charge in [0.15, 0.2) is 0 Å². The number of likely N-dealkylation sites (tertiary alicyclic amines) is 1. The third-order valence-electron chi connectivity index (χ3n) is 4.77. The van der Waals surface area contributed by atoms with Crippen LogP contribution in [0.4, 0.5) is 0 Å². The molecule has 1 N–H and O–H groups in total. The molecule has 0 aliphatic carbocycles. The monoisotopic (exact) mass is 266 g/mol. The molecule has 2 aliphatic rings. The van der Waals surface area contributed by atoms with Crippen molar-refractivity contribution in [1.82, 2.24) is 10.2 Å². The second-order valence-corrected chi connectivity index (χ2v) is 6.76. The summed E-state index contributed by atoms with van der Waals surface area (Å²) in [6, 6.07) is 0. The van der Waals surface area contributed by atoms with E-state index in [1.54, 1.807) is 0 Å². The van der Waals surface area contributed by atoms with E-state index < -0.39 is 0 Å². The molecule has 0 saturated carbocycles. The van der Waals surface area contributed by atoms with Crippen LogP contribution in [0.1, 0.15) is 52.4 Å². The summed E-state index contributed by atoms with van der Waals surface area (Å²) in [4.78, 5) is 14.6. The molecule has 0 atom stereocenters. The molecule has 2 fully saturated rings. The zero-order valence-electron chi connectivity index (χ0n) is 12.7. The van der Waals surface area contributed by atoms with Crippen LogP contribution in [0.2, 0.25) is 0 Å². The Balaban J connectivity index is 1.71. The van der Waals surface area contributed by atoms with Crippen molar-refractivity contribution in [1.29, 1.82) is 0 Å². The minimum atomic E-state index is 0.300. The average molecular weight is 266 g/mol.